The summed E-state index contributed by atoms with van der Waals surface area (Å²) in [5.74, 6) is 0. The number of benzene rings is 1. The van der Waals surface area contributed by atoms with Crippen molar-refractivity contribution in [3.8, 4) is 0 Å². The largest absolute Gasteiger partial charge is 0.368 e. The molecule has 0 bridgehead atoms. The zero-order valence-corrected chi connectivity index (χ0v) is 12.1. The summed E-state index contributed by atoms with van der Waals surface area (Å²) >= 11 is 7.94. The summed E-state index contributed by atoms with van der Waals surface area (Å²) in [6, 6.07) is 5.84. The minimum Gasteiger partial charge on any atom is -0.368 e. The van der Waals surface area contributed by atoms with Crippen molar-refractivity contribution in [2.75, 3.05) is 11.9 Å². The third-order valence-electron chi connectivity index (χ3n) is 2.90. The van der Waals surface area contributed by atoms with E-state index >= 15 is 0 Å². The molecule has 0 saturated carbocycles. The van der Waals surface area contributed by atoms with Crippen LogP contribution < -0.4 is 10.6 Å². The SMILES string of the molecule is Cc1ncsc1CN(C)c1c(Cl)cccc1CN. The maximum Gasteiger partial charge on any atom is 0.0798 e. The highest BCUT2D eigenvalue weighted by molar-refractivity contribution is 7.09. The van der Waals surface area contributed by atoms with Gasteiger partial charge in [0.05, 0.1) is 28.5 Å². The van der Waals surface area contributed by atoms with Crippen LogP contribution in [0.3, 0.4) is 0 Å². The van der Waals surface area contributed by atoms with Crippen LogP contribution in [0.2, 0.25) is 5.02 Å². The Morgan fingerprint density at radius 3 is 2.83 bits per heavy atom. The quantitative estimate of drug-likeness (QED) is 0.936. The van der Waals surface area contributed by atoms with E-state index in [1.807, 2.05) is 37.7 Å². The fourth-order valence-electron chi connectivity index (χ4n) is 1.92. The molecule has 1 heterocycles. The van der Waals surface area contributed by atoms with Gasteiger partial charge in [-0.25, -0.2) is 4.98 Å². The minimum absolute atomic E-state index is 0.488. The van der Waals surface area contributed by atoms with E-state index in [2.05, 4.69) is 9.88 Å². The van der Waals surface area contributed by atoms with Crippen LogP contribution in [0.1, 0.15) is 16.1 Å². The van der Waals surface area contributed by atoms with Gasteiger partial charge in [-0.15, -0.1) is 11.3 Å². The van der Waals surface area contributed by atoms with Gasteiger partial charge in [-0.05, 0) is 18.6 Å². The van der Waals surface area contributed by atoms with Gasteiger partial charge < -0.3 is 10.6 Å². The van der Waals surface area contributed by atoms with Crippen molar-refractivity contribution in [2.45, 2.75) is 20.0 Å². The van der Waals surface area contributed by atoms with Gasteiger partial charge in [0.25, 0.3) is 0 Å². The van der Waals surface area contributed by atoms with Crippen LogP contribution in [0.4, 0.5) is 5.69 Å². The van der Waals surface area contributed by atoms with Crippen LogP contribution in [-0.2, 0) is 13.1 Å². The second-order valence-corrected chi connectivity index (χ2v) is 5.52. The molecule has 5 heteroatoms. The summed E-state index contributed by atoms with van der Waals surface area (Å²) < 4.78 is 0. The molecule has 0 saturated heterocycles. The van der Waals surface area contributed by atoms with Crippen LogP contribution >= 0.6 is 22.9 Å². The first-order valence-corrected chi connectivity index (χ1v) is 6.96. The summed E-state index contributed by atoms with van der Waals surface area (Å²) in [7, 11) is 2.03. The lowest BCUT2D eigenvalue weighted by atomic mass is 10.1. The molecule has 2 aromatic rings. The predicted molar refractivity (Wildman–Crippen MR) is 78.3 cm³/mol. The Hall–Kier alpha value is -1.10. The number of thiazole rings is 1. The van der Waals surface area contributed by atoms with Crippen molar-refractivity contribution in [1.29, 1.82) is 0 Å². The number of hydrogen-bond donors (Lipinski definition) is 1. The first kappa shape index (κ1) is 13.3. The molecule has 2 N–H and O–H groups in total. The third kappa shape index (κ3) is 2.66. The van der Waals surface area contributed by atoms with E-state index in [-0.39, 0.29) is 0 Å². The van der Waals surface area contributed by atoms with E-state index in [1.54, 1.807) is 11.3 Å². The molecular weight excluding hydrogens is 266 g/mol. The summed E-state index contributed by atoms with van der Waals surface area (Å²) in [6.07, 6.45) is 0. The average Bonchev–Trinajstić information content (AvgIpc) is 2.74. The molecule has 0 aliphatic carbocycles. The van der Waals surface area contributed by atoms with Crippen molar-refractivity contribution in [3.63, 3.8) is 0 Å². The van der Waals surface area contributed by atoms with Crippen LogP contribution in [-0.4, -0.2) is 12.0 Å². The number of aryl methyl sites for hydroxylation is 1. The average molecular weight is 282 g/mol. The molecule has 2 rings (SSSR count). The van der Waals surface area contributed by atoms with E-state index in [0.717, 1.165) is 28.5 Å². The predicted octanol–water partition coefficient (Wildman–Crippen LogP) is 3.20. The topological polar surface area (TPSA) is 42.2 Å². The number of hydrogen-bond acceptors (Lipinski definition) is 4. The Balaban J connectivity index is 2.29. The van der Waals surface area contributed by atoms with Gasteiger partial charge in [0.2, 0.25) is 0 Å². The molecule has 0 radical (unpaired) electrons. The lowest BCUT2D eigenvalue weighted by molar-refractivity contribution is 0.907. The zero-order valence-electron chi connectivity index (χ0n) is 10.5. The van der Waals surface area contributed by atoms with Gasteiger partial charge in [0.1, 0.15) is 0 Å². The number of nitrogens with zero attached hydrogens (tertiary/aromatic N) is 2. The molecule has 0 amide bonds. The van der Waals surface area contributed by atoms with E-state index in [4.69, 9.17) is 17.3 Å². The highest BCUT2D eigenvalue weighted by Gasteiger charge is 2.13. The molecule has 3 nitrogen and oxygen atoms in total. The van der Waals surface area contributed by atoms with Gasteiger partial charge in [0.15, 0.2) is 0 Å². The molecule has 1 aromatic heterocycles. The summed E-state index contributed by atoms with van der Waals surface area (Å²) in [6.45, 7) is 3.31. The minimum atomic E-state index is 0.488. The Kier molecular flexibility index (Phi) is 4.22. The van der Waals surface area contributed by atoms with Crippen LogP contribution in [0.5, 0.6) is 0 Å². The van der Waals surface area contributed by atoms with Crippen molar-refractivity contribution >= 4 is 28.6 Å². The molecule has 1 aromatic carbocycles. The van der Waals surface area contributed by atoms with Crippen LogP contribution in [0.15, 0.2) is 23.7 Å². The van der Waals surface area contributed by atoms with Gasteiger partial charge in [-0.3, -0.25) is 0 Å². The summed E-state index contributed by atoms with van der Waals surface area (Å²) in [5, 5.41) is 0.739. The molecule has 96 valence electrons. The smallest absolute Gasteiger partial charge is 0.0798 e. The second-order valence-electron chi connectivity index (χ2n) is 4.17. The zero-order chi connectivity index (χ0) is 13.1. The Morgan fingerprint density at radius 1 is 1.44 bits per heavy atom. The molecule has 18 heavy (non-hydrogen) atoms. The van der Waals surface area contributed by atoms with Gasteiger partial charge >= 0.3 is 0 Å². The highest BCUT2D eigenvalue weighted by atomic mass is 35.5. The number of aromatic nitrogens is 1. The lowest BCUT2D eigenvalue weighted by Gasteiger charge is -2.23. The Labute approximate surface area is 116 Å². The number of anilines is 1. The maximum atomic E-state index is 6.27. The number of para-hydroxylation sites is 1. The standard InChI is InChI=1S/C13H16ClN3S/c1-9-12(18-8-16-9)7-17(2)13-10(6-15)4-3-5-11(13)14/h3-5,8H,6-7,15H2,1-2H3. The summed E-state index contributed by atoms with van der Waals surface area (Å²) in [5.41, 5.74) is 10.8. The first-order chi connectivity index (χ1) is 8.63. The number of nitrogens with two attached hydrogens (primary N) is 1. The lowest BCUT2D eigenvalue weighted by Crippen LogP contribution is -2.19. The number of halogens is 1. The molecule has 0 spiro atoms. The van der Waals surface area contributed by atoms with Crippen molar-refractivity contribution in [1.82, 2.24) is 4.98 Å². The Bertz CT molecular complexity index is 539. The van der Waals surface area contributed by atoms with Crippen molar-refractivity contribution < 1.29 is 0 Å². The van der Waals surface area contributed by atoms with E-state index in [0.29, 0.717) is 6.54 Å². The molecule has 0 aliphatic heterocycles. The molecule has 0 aliphatic rings. The normalized spacial score (nSPS) is 10.7. The molecule has 0 unspecified atom stereocenters. The van der Waals surface area contributed by atoms with E-state index in [9.17, 15) is 0 Å². The van der Waals surface area contributed by atoms with E-state index in [1.165, 1.54) is 4.88 Å². The van der Waals surface area contributed by atoms with Crippen LogP contribution in [0, 0.1) is 6.92 Å². The summed E-state index contributed by atoms with van der Waals surface area (Å²) in [4.78, 5) is 7.64. The molecule has 0 fully saturated rings. The molecule has 0 atom stereocenters. The first-order valence-electron chi connectivity index (χ1n) is 5.71. The maximum absolute atomic E-state index is 6.27. The van der Waals surface area contributed by atoms with Crippen molar-refractivity contribution in [2.24, 2.45) is 5.73 Å². The van der Waals surface area contributed by atoms with E-state index < -0.39 is 0 Å². The second kappa shape index (κ2) is 5.69. The van der Waals surface area contributed by atoms with Crippen LogP contribution in [0.25, 0.3) is 0 Å². The third-order valence-corrected chi connectivity index (χ3v) is 4.12. The van der Waals surface area contributed by atoms with Crippen molar-refractivity contribution in [3.05, 3.63) is 44.9 Å². The number of rotatable bonds is 4. The molecular formula is C13H16ClN3S. The fraction of sp³-hybridized carbons (Fsp3) is 0.308. The highest BCUT2D eigenvalue weighted by Crippen LogP contribution is 2.30. The van der Waals surface area contributed by atoms with Gasteiger partial charge in [-0.2, -0.15) is 0 Å². The van der Waals surface area contributed by atoms with Gasteiger partial charge in [0, 0.05) is 18.5 Å². The van der Waals surface area contributed by atoms with Gasteiger partial charge in [-0.1, -0.05) is 23.7 Å². The monoisotopic (exact) mass is 281 g/mol. The fourth-order valence-corrected chi connectivity index (χ4v) is 3.09. The Morgan fingerprint density at radius 2 is 2.22 bits per heavy atom.